The van der Waals surface area contributed by atoms with E-state index >= 15 is 0 Å². The second-order valence-electron chi connectivity index (χ2n) is 10.4. The Morgan fingerprint density at radius 3 is 2.45 bits per heavy atom. The second kappa shape index (κ2) is 12.5. The summed E-state index contributed by atoms with van der Waals surface area (Å²) in [7, 11) is -4.37. The Balaban J connectivity index is 1.51. The van der Waals surface area contributed by atoms with E-state index in [9.17, 15) is 26.4 Å². The molecule has 0 saturated heterocycles. The fourth-order valence-electron chi connectivity index (χ4n) is 4.90. The van der Waals surface area contributed by atoms with Crippen LogP contribution in [0.15, 0.2) is 77.7 Å². The Kier molecular flexibility index (Phi) is 9.33. The maximum atomic E-state index is 13.3. The number of rotatable bonds is 10. The molecule has 214 valence electrons. The van der Waals surface area contributed by atoms with Gasteiger partial charge in [-0.1, -0.05) is 68.4 Å². The summed E-state index contributed by atoms with van der Waals surface area (Å²) in [5.41, 5.74) is 2.87. The lowest BCUT2D eigenvalue weighted by atomic mass is 9.86. The largest absolute Gasteiger partial charge is 0.416 e. The fourth-order valence-corrected chi connectivity index (χ4v) is 6.17. The van der Waals surface area contributed by atoms with Crippen molar-refractivity contribution >= 4 is 15.9 Å². The highest BCUT2D eigenvalue weighted by Gasteiger charge is 2.32. The molecule has 0 bridgehead atoms. The van der Waals surface area contributed by atoms with Gasteiger partial charge in [0, 0.05) is 19.0 Å². The molecule has 4 rings (SSSR count). The van der Waals surface area contributed by atoms with Gasteiger partial charge in [-0.3, -0.25) is 4.79 Å². The number of carbonyl (C=O) groups is 1. The molecule has 1 aliphatic carbocycles. The molecule has 0 heterocycles. The molecule has 1 amide bonds. The third kappa shape index (κ3) is 7.71. The predicted octanol–water partition coefficient (Wildman–Crippen LogP) is 5.81. The average Bonchev–Trinajstić information content (AvgIpc) is 2.91. The lowest BCUT2D eigenvalue weighted by Crippen LogP contribution is -2.36. The molecule has 2 unspecified atom stereocenters. The van der Waals surface area contributed by atoms with Crippen LogP contribution in [0.4, 0.5) is 13.2 Å². The summed E-state index contributed by atoms with van der Waals surface area (Å²) in [6.07, 6.45) is -2.32. The maximum Gasteiger partial charge on any atom is 0.416 e. The molecular formula is C30H34F3N3O3S. The Bertz CT molecular complexity index is 1430. The minimum absolute atomic E-state index is 0.208. The zero-order valence-corrected chi connectivity index (χ0v) is 23.3. The molecule has 1 aliphatic rings. The topological polar surface area (TPSA) is 87.3 Å². The number of aryl methyl sites for hydroxylation is 1. The first-order valence-electron chi connectivity index (χ1n) is 13.3. The van der Waals surface area contributed by atoms with Gasteiger partial charge in [0.25, 0.3) is 0 Å². The van der Waals surface area contributed by atoms with Gasteiger partial charge in [0.2, 0.25) is 15.9 Å². The summed E-state index contributed by atoms with van der Waals surface area (Å²) in [6, 6.07) is 17.5. The molecule has 0 saturated carbocycles. The van der Waals surface area contributed by atoms with Crippen molar-refractivity contribution in [3.8, 4) is 0 Å². The van der Waals surface area contributed by atoms with Crippen molar-refractivity contribution in [1.82, 2.24) is 15.4 Å². The first-order chi connectivity index (χ1) is 18.9. The number of nitrogens with one attached hydrogen (secondary N) is 3. The van der Waals surface area contributed by atoms with Crippen LogP contribution in [0, 0.1) is 0 Å². The number of halogens is 3. The quantitative estimate of drug-likeness (QED) is 0.286. The molecule has 0 fully saturated rings. The number of hydrogen-bond acceptors (Lipinski definition) is 4. The highest BCUT2D eigenvalue weighted by molar-refractivity contribution is 7.89. The highest BCUT2D eigenvalue weighted by Crippen LogP contribution is 2.32. The zero-order chi connectivity index (χ0) is 28.9. The van der Waals surface area contributed by atoms with Gasteiger partial charge in [-0.25, -0.2) is 13.1 Å². The Hall–Kier alpha value is -3.21. The first-order valence-corrected chi connectivity index (χ1v) is 14.8. The van der Waals surface area contributed by atoms with Crippen LogP contribution in [-0.4, -0.2) is 20.4 Å². The van der Waals surface area contributed by atoms with Gasteiger partial charge in [0.05, 0.1) is 22.5 Å². The van der Waals surface area contributed by atoms with Crippen LogP contribution < -0.4 is 15.4 Å². The summed E-state index contributed by atoms with van der Waals surface area (Å²) in [5, 5.41) is 6.47. The van der Waals surface area contributed by atoms with Gasteiger partial charge >= 0.3 is 6.18 Å². The molecule has 0 spiro atoms. The normalized spacial score (nSPS) is 16.4. The van der Waals surface area contributed by atoms with Crippen LogP contribution in [0.3, 0.4) is 0 Å². The molecule has 0 aromatic heterocycles. The molecule has 6 nitrogen and oxygen atoms in total. The van der Waals surface area contributed by atoms with Crippen molar-refractivity contribution < 1.29 is 26.4 Å². The van der Waals surface area contributed by atoms with Gasteiger partial charge in [0.15, 0.2) is 0 Å². The van der Waals surface area contributed by atoms with Crippen LogP contribution in [0.2, 0.25) is 0 Å². The molecule has 40 heavy (non-hydrogen) atoms. The average molecular weight is 574 g/mol. The third-order valence-electron chi connectivity index (χ3n) is 6.93. The van der Waals surface area contributed by atoms with E-state index < -0.39 is 32.7 Å². The third-order valence-corrected chi connectivity index (χ3v) is 8.40. The Morgan fingerprint density at radius 2 is 1.75 bits per heavy atom. The monoisotopic (exact) mass is 573 g/mol. The van der Waals surface area contributed by atoms with Gasteiger partial charge in [-0.05, 0) is 59.7 Å². The molecule has 0 radical (unpaired) electrons. The smallest absolute Gasteiger partial charge is 0.349 e. The predicted molar refractivity (Wildman–Crippen MR) is 148 cm³/mol. The van der Waals surface area contributed by atoms with E-state index in [0.29, 0.717) is 17.7 Å². The van der Waals surface area contributed by atoms with Gasteiger partial charge < -0.3 is 10.6 Å². The van der Waals surface area contributed by atoms with Crippen LogP contribution in [0.25, 0.3) is 0 Å². The zero-order valence-electron chi connectivity index (χ0n) is 22.5. The van der Waals surface area contributed by atoms with Crippen molar-refractivity contribution in [3.63, 3.8) is 0 Å². The minimum Gasteiger partial charge on any atom is -0.349 e. The summed E-state index contributed by atoms with van der Waals surface area (Å²) in [5.74, 6) is -0.357. The number of alkyl halides is 3. The van der Waals surface area contributed by atoms with E-state index in [2.05, 4.69) is 41.3 Å². The van der Waals surface area contributed by atoms with E-state index in [1.807, 2.05) is 6.07 Å². The van der Waals surface area contributed by atoms with E-state index in [1.165, 1.54) is 11.1 Å². The van der Waals surface area contributed by atoms with Crippen molar-refractivity contribution in [2.75, 3.05) is 0 Å². The molecule has 3 aromatic rings. The van der Waals surface area contributed by atoms with Crippen LogP contribution in [0.5, 0.6) is 0 Å². The Labute approximate surface area is 233 Å². The van der Waals surface area contributed by atoms with Crippen molar-refractivity contribution in [1.29, 1.82) is 0 Å². The van der Waals surface area contributed by atoms with E-state index in [1.54, 1.807) is 30.3 Å². The van der Waals surface area contributed by atoms with Gasteiger partial charge in [0.1, 0.15) is 0 Å². The molecule has 3 N–H and O–H groups in total. The lowest BCUT2D eigenvalue weighted by Gasteiger charge is -2.28. The van der Waals surface area contributed by atoms with E-state index in [0.717, 1.165) is 49.6 Å². The first kappa shape index (κ1) is 29.8. The van der Waals surface area contributed by atoms with Crippen molar-refractivity contribution in [3.05, 3.63) is 101 Å². The summed E-state index contributed by atoms with van der Waals surface area (Å²) in [4.78, 5) is 12.7. The van der Waals surface area contributed by atoms with Crippen molar-refractivity contribution in [2.24, 2.45) is 0 Å². The maximum absolute atomic E-state index is 13.3. The Morgan fingerprint density at radius 1 is 1.00 bits per heavy atom. The van der Waals surface area contributed by atoms with Crippen molar-refractivity contribution in [2.45, 2.75) is 75.3 Å². The van der Waals surface area contributed by atoms with Gasteiger partial charge in [-0.15, -0.1) is 0 Å². The van der Waals surface area contributed by atoms with Gasteiger partial charge in [-0.2, -0.15) is 13.2 Å². The molecular weight excluding hydrogens is 539 g/mol. The number of carbonyl (C=O) groups excluding carboxylic acids is 1. The van der Waals surface area contributed by atoms with Crippen LogP contribution >= 0.6 is 0 Å². The minimum atomic E-state index is -4.69. The van der Waals surface area contributed by atoms with Crippen LogP contribution in [0.1, 0.15) is 73.0 Å². The molecule has 0 aliphatic heterocycles. The summed E-state index contributed by atoms with van der Waals surface area (Å²) >= 11 is 0. The highest BCUT2D eigenvalue weighted by atomic mass is 32.2. The lowest BCUT2D eigenvalue weighted by molar-refractivity contribution is -0.137. The van der Waals surface area contributed by atoms with E-state index in [-0.39, 0.29) is 18.4 Å². The number of sulfonamides is 1. The summed E-state index contributed by atoms with van der Waals surface area (Å²) in [6.45, 7) is 4.94. The number of hydrogen-bond donors (Lipinski definition) is 3. The number of fused-ring (bicyclic) bond motifs is 1. The second-order valence-corrected chi connectivity index (χ2v) is 12.1. The van der Waals surface area contributed by atoms with Crippen LogP contribution in [-0.2, 0) is 34.0 Å². The SMILES string of the molecule is CC(C)NCc1ccc2c(c1)CCCC2NC(=O)CC(NS(=O)(=O)c1cccc(C(F)(F)F)c1)c1ccccc1. The summed E-state index contributed by atoms with van der Waals surface area (Å²) < 4.78 is 68.4. The van der Waals surface area contributed by atoms with E-state index in [4.69, 9.17) is 0 Å². The number of amides is 1. The number of benzene rings is 3. The molecule has 2 atom stereocenters. The molecule has 10 heteroatoms. The standard InChI is InChI=1S/C30H34F3N3O3S/c1-20(2)34-19-21-14-15-26-23(16-21)10-6-13-27(26)35-29(37)18-28(22-8-4-3-5-9-22)36-40(38,39)25-12-7-11-24(17-25)30(31,32)33/h3-5,7-9,11-12,14-17,20,27-28,34,36H,6,10,13,18-19H2,1-2H3,(H,35,37). The molecule has 3 aromatic carbocycles. The fraction of sp³-hybridized carbons (Fsp3) is 0.367.